The molecule has 1 aromatic rings. The Hall–Kier alpha value is -0.200. The third kappa shape index (κ3) is 4.44. The molecule has 2 nitrogen and oxygen atoms in total. The first-order valence-electron chi connectivity index (χ1n) is 4.36. The fourth-order valence-corrected chi connectivity index (χ4v) is 1.80. The summed E-state index contributed by atoms with van der Waals surface area (Å²) in [5, 5.41) is 9.74. The monoisotopic (exact) mass is 380 g/mol. The van der Waals surface area contributed by atoms with Crippen LogP contribution in [0.5, 0.6) is 0 Å². The topological polar surface area (TPSA) is 37.3 Å². The second-order valence-corrected chi connectivity index (χ2v) is 4.67. The molecule has 0 bridgehead atoms. The van der Waals surface area contributed by atoms with Crippen LogP contribution in [0.2, 0.25) is 0 Å². The van der Waals surface area contributed by atoms with Crippen molar-refractivity contribution in [2.45, 2.75) is 12.5 Å². The van der Waals surface area contributed by atoms with E-state index in [1.165, 1.54) is 6.08 Å². The minimum Gasteiger partial charge on any atom is -0.388 e. The minimum absolute atomic E-state index is 0.0696. The molecule has 0 aliphatic rings. The van der Waals surface area contributed by atoms with E-state index in [0.717, 1.165) is 10.0 Å². The zero-order valence-electron chi connectivity index (χ0n) is 7.86. The van der Waals surface area contributed by atoms with Crippen molar-refractivity contribution in [2.75, 3.05) is 0 Å². The highest BCUT2D eigenvalue weighted by Gasteiger charge is 2.10. The number of rotatable bonds is 4. The first kappa shape index (κ1) is 12.9. The van der Waals surface area contributed by atoms with Crippen molar-refractivity contribution in [3.8, 4) is 0 Å². The molecule has 1 atom stereocenters. The molecule has 15 heavy (non-hydrogen) atoms. The van der Waals surface area contributed by atoms with Gasteiger partial charge in [0.1, 0.15) is 0 Å². The average Bonchev–Trinajstić information content (AvgIpc) is 2.18. The maximum Gasteiger partial charge on any atom is 0.159 e. The van der Waals surface area contributed by atoms with Crippen LogP contribution in [0.3, 0.4) is 0 Å². The molecule has 1 aromatic carbocycles. The predicted octanol–water partition coefficient (Wildman–Crippen LogP) is 3.39. The molecule has 0 amide bonds. The fraction of sp³-hybridized carbons (Fsp3) is 0.182. The standard InChI is InChI=1S/C11H10BrIO2/c12-9-3-1-8(2-4-9)11(15)7-10(14)5-6-13/h1-6,11,15H,7H2/b6-5+. The maximum absolute atomic E-state index is 11.2. The first-order chi connectivity index (χ1) is 7.13. The molecule has 0 aliphatic heterocycles. The van der Waals surface area contributed by atoms with Crippen molar-refractivity contribution in [1.29, 1.82) is 0 Å². The SMILES string of the molecule is O=C(/C=C/I)CC(O)c1ccc(Br)cc1. The van der Waals surface area contributed by atoms with E-state index in [1.54, 1.807) is 16.2 Å². The molecular weight excluding hydrogens is 371 g/mol. The predicted molar refractivity (Wildman–Crippen MR) is 71.9 cm³/mol. The highest BCUT2D eigenvalue weighted by atomic mass is 127. The molecular formula is C11H10BrIO2. The minimum atomic E-state index is -0.724. The summed E-state index contributed by atoms with van der Waals surface area (Å²) in [7, 11) is 0. The molecule has 0 aromatic heterocycles. The number of carbonyl (C=O) groups excluding carboxylic acids is 1. The van der Waals surface area contributed by atoms with E-state index < -0.39 is 6.10 Å². The van der Waals surface area contributed by atoms with E-state index in [2.05, 4.69) is 15.9 Å². The van der Waals surface area contributed by atoms with Crippen molar-refractivity contribution in [3.63, 3.8) is 0 Å². The molecule has 0 radical (unpaired) electrons. The Morgan fingerprint density at radius 3 is 2.60 bits per heavy atom. The largest absolute Gasteiger partial charge is 0.388 e. The van der Waals surface area contributed by atoms with E-state index in [0.29, 0.717) is 0 Å². The van der Waals surface area contributed by atoms with Gasteiger partial charge in [-0.15, -0.1) is 0 Å². The number of benzene rings is 1. The summed E-state index contributed by atoms with van der Waals surface area (Å²) in [4.78, 5) is 11.2. The number of ketones is 1. The second kappa shape index (κ2) is 6.40. The molecule has 80 valence electrons. The molecule has 0 saturated carbocycles. The van der Waals surface area contributed by atoms with Crippen LogP contribution in [0.4, 0.5) is 0 Å². The summed E-state index contributed by atoms with van der Waals surface area (Å²) in [6.07, 6.45) is 0.863. The molecule has 0 aliphatic carbocycles. The normalized spacial score (nSPS) is 13.0. The highest BCUT2D eigenvalue weighted by molar-refractivity contribution is 14.1. The summed E-state index contributed by atoms with van der Waals surface area (Å²) in [6.45, 7) is 0. The number of aliphatic hydroxyl groups is 1. The molecule has 1 rings (SSSR count). The molecule has 1 N–H and O–H groups in total. The van der Waals surface area contributed by atoms with E-state index in [4.69, 9.17) is 0 Å². The van der Waals surface area contributed by atoms with Gasteiger partial charge in [-0.1, -0.05) is 50.7 Å². The molecule has 0 heterocycles. The van der Waals surface area contributed by atoms with Crippen LogP contribution in [0, 0.1) is 0 Å². The van der Waals surface area contributed by atoms with Crippen molar-refractivity contribution in [1.82, 2.24) is 0 Å². The second-order valence-electron chi connectivity index (χ2n) is 3.03. The quantitative estimate of drug-likeness (QED) is 0.642. The van der Waals surface area contributed by atoms with Gasteiger partial charge in [0.05, 0.1) is 6.10 Å². The third-order valence-corrected chi connectivity index (χ3v) is 2.79. The number of carbonyl (C=O) groups is 1. The fourth-order valence-electron chi connectivity index (χ4n) is 1.13. The lowest BCUT2D eigenvalue weighted by atomic mass is 10.0. The van der Waals surface area contributed by atoms with Crippen LogP contribution in [0.25, 0.3) is 0 Å². The summed E-state index contributed by atoms with van der Waals surface area (Å²) in [6, 6.07) is 7.29. The van der Waals surface area contributed by atoms with E-state index in [1.807, 2.05) is 34.7 Å². The van der Waals surface area contributed by atoms with Gasteiger partial charge in [-0.25, -0.2) is 0 Å². The Bertz CT molecular complexity index is 359. The Balaban J connectivity index is 2.64. The smallest absolute Gasteiger partial charge is 0.159 e. The van der Waals surface area contributed by atoms with Crippen LogP contribution >= 0.6 is 38.5 Å². The van der Waals surface area contributed by atoms with Gasteiger partial charge in [-0.3, -0.25) is 4.79 Å². The molecule has 0 fully saturated rings. The molecule has 1 unspecified atom stereocenters. The zero-order chi connectivity index (χ0) is 11.3. The van der Waals surface area contributed by atoms with Crippen LogP contribution < -0.4 is 0 Å². The van der Waals surface area contributed by atoms with E-state index in [-0.39, 0.29) is 12.2 Å². The zero-order valence-corrected chi connectivity index (χ0v) is 11.6. The first-order valence-corrected chi connectivity index (χ1v) is 6.40. The van der Waals surface area contributed by atoms with Gasteiger partial charge in [-0.2, -0.15) is 0 Å². The summed E-state index contributed by atoms with van der Waals surface area (Å²) in [5.74, 6) is -0.0696. The Labute approximate surface area is 111 Å². The Kier molecular flexibility index (Phi) is 5.49. The lowest BCUT2D eigenvalue weighted by molar-refractivity contribution is -0.116. The van der Waals surface area contributed by atoms with Crippen molar-refractivity contribution < 1.29 is 9.90 Å². The summed E-state index contributed by atoms with van der Waals surface area (Å²) < 4.78 is 2.60. The highest BCUT2D eigenvalue weighted by Crippen LogP contribution is 2.19. The van der Waals surface area contributed by atoms with Crippen LogP contribution in [0.15, 0.2) is 38.9 Å². The van der Waals surface area contributed by atoms with E-state index >= 15 is 0 Å². The van der Waals surface area contributed by atoms with Crippen LogP contribution in [0.1, 0.15) is 18.1 Å². The van der Waals surface area contributed by atoms with Gasteiger partial charge in [0.2, 0.25) is 0 Å². The Morgan fingerprint density at radius 2 is 2.07 bits per heavy atom. The number of aliphatic hydroxyl groups excluding tert-OH is 1. The summed E-state index contributed by atoms with van der Waals surface area (Å²) in [5.41, 5.74) is 0.758. The average molecular weight is 381 g/mol. The summed E-state index contributed by atoms with van der Waals surface area (Å²) >= 11 is 5.29. The van der Waals surface area contributed by atoms with Crippen LogP contribution in [-0.4, -0.2) is 10.9 Å². The van der Waals surface area contributed by atoms with Gasteiger partial charge >= 0.3 is 0 Å². The van der Waals surface area contributed by atoms with Gasteiger partial charge in [0.25, 0.3) is 0 Å². The maximum atomic E-state index is 11.2. The lowest BCUT2D eigenvalue weighted by Gasteiger charge is -2.08. The van der Waals surface area contributed by atoms with Crippen molar-refractivity contribution >= 4 is 44.3 Å². The van der Waals surface area contributed by atoms with E-state index in [9.17, 15) is 9.90 Å². The van der Waals surface area contributed by atoms with Crippen LogP contribution in [-0.2, 0) is 4.79 Å². The van der Waals surface area contributed by atoms with Gasteiger partial charge in [-0.05, 0) is 27.9 Å². The number of hydrogen-bond acceptors (Lipinski definition) is 2. The van der Waals surface area contributed by atoms with Gasteiger partial charge < -0.3 is 5.11 Å². The van der Waals surface area contributed by atoms with Crippen molar-refractivity contribution in [3.05, 3.63) is 44.5 Å². The Morgan fingerprint density at radius 1 is 1.47 bits per heavy atom. The third-order valence-electron chi connectivity index (χ3n) is 1.90. The van der Waals surface area contributed by atoms with Crippen molar-refractivity contribution in [2.24, 2.45) is 0 Å². The molecule has 0 spiro atoms. The number of hydrogen-bond donors (Lipinski definition) is 1. The number of halogens is 2. The lowest BCUT2D eigenvalue weighted by Crippen LogP contribution is -2.03. The van der Waals surface area contributed by atoms with Gasteiger partial charge in [0, 0.05) is 10.9 Å². The number of allylic oxidation sites excluding steroid dienone is 1. The molecule has 4 heteroatoms. The van der Waals surface area contributed by atoms with Gasteiger partial charge in [0.15, 0.2) is 5.78 Å². The molecule has 0 saturated heterocycles.